The van der Waals surface area contributed by atoms with E-state index in [2.05, 4.69) is 5.32 Å². The Labute approximate surface area is 107 Å². The quantitative estimate of drug-likeness (QED) is 0.841. The number of hydrogen-bond acceptors (Lipinski definition) is 2. The lowest BCUT2D eigenvalue weighted by molar-refractivity contribution is -0.147. The maximum absolute atomic E-state index is 11.8. The van der Waals surface area contributed by atoms with Crippen LogP contribution in [0.25, 0.3) is 0 Å². The summed E-state index contributed by atoms with van der Waals surface area (Å²) in [6, 6.07) is 7.17. The van der Waals surface area contributed by atoms with Crippen LogP contribution in [0.5, 0.6) is 0 Å². The van der Waals surface area contributed by atoms with Crippen molar-refractivity contribution in [3.63, 3.8) is 0 Å². The molecule has 0 radical (unpaired) electrons. The molecule has 0 fully saturated rings. The van der Waals surface area contributed by atoms with Crippen LogP contribution in [-0.4, -0.2) is 23.5 Å². The second kappa shape index (κ2) is 5.67. The number of carboxylic acids is 1. The van der Waals surface area contributed by atoms with Crippen molar-refractivity contribution in [2.45, 2.75) is 27.2 Å². The number of aliphatic carboxylic acids is 1. The second-order valence-electron chi connectivity index (χ2n) is 4.77. The molecule has 0 saturated heterocycles. The molecular formula is C14H19NO3. The standard InChI is InChI=1S/C14H19NO3/c1-4-14(3,13(17)18)9-15-12(16)11-7-5-10(2)6-8-11/h5-8H,4,9H2,1-3H3,(H,15,16)(H,17,18). The topological polar surface area (TPSA) is 66.4 Å². The molecule has 1 atom stereocenters. The Balaban J connectivity index is 2.66. The minimum atomic E-state index is -0.916. The summed E-state index contributed by atoms with van der Waals surface area (Å²) < 4.78 is 0. The van der Waals surface area contributed by atoms with Crippen LogP contribution in [0.3, 0.4) is 0 Å². The maximum atomic E-state index is 11.8. The number of carboxylic acid groups (broad SMARTS) is 1. The highest BCUT2D eigenvalue weighted by atomic mass is 16.4. The van der Waals surface area contributed by atoms with Gasteiger partial charge in [0.15, 0.2) is 0 Å². The van der Waals surface area contributed by atoms with Gasteiger partial charge in [-0.1, -0.05) is 24.6 Å². The number of rotatable bonds is 5. The molecule has 18 heavy (non-hydrogen) atoms. The maximum Gasteiger partial charge on any atom is 0.311 e. The molecule has 0 aliphatic heterocycles. The number of aryl methyl sites for hydroxylation is 1. The first kappa shape index (κ1) is 14.2. The Morgan fingerprint density at radius 1 is 1.28 bits per heavy atom. The molecule has 4 nitrogen and oxygen atoms in total. The van der Waals surface area contributed by atoms with Crippen LogP contribution >= 0.6 is 0 Å². The van der Waals surface area contributed by atoms with E-state index in [0.717, 1.165) is 5.56 Å². The monoisotopic (exact) mass is 249 g/mol. The lowest BCUT2D eigenvalue weighted by Crippen LogP contribution is -2.40. The van der Waals surface area contributed by atoms with Crippen LogP contribution in [0.2, 0.25) is 0 Å². The first-order valence-electron chi connectivity index (χ1n) is 5.97. The lowest BCUT2D eigenvalue weighted by atomic mass is 9.87. The lowest BCUT2D eigenvalue weighted by Gasteiger charge is -2.23. The van der Waals surface area contributed by atoms with Gasteiger partial charge in [-0.3, -0.25) is 9.59 Å². The molecule has 1 amide bonds. The van der Waals surface area contributed by atoms with Gasteiger partial charge in [0.1, 0.15) is 0 Å². The normalized spacial score (nSPS) is 13.7. The highest BCUT2D eigenvalue weighted by molar-refractivity contribution is 5.94. The zero-order valence-electron chi connectivity index (χ0n) is 11.0. The van der Waals surface area contributed by atoms with Gasteiger partial charge in [-0.15, -0.1) is 0 Å². The molecule has 0 aliphatic carbocycles. The van der Waals surface area contributed by atoms with Crippen molar-refractivity contribution in [1.29, 1.82) is 0 Å². The molecule has 1 aromatic rings. The summed E-state index contributed by atoms with van der Waals surface area (Å²) in [6.07, 6.45) is 0.469. The van der Waals surface area contributed by atoms with Crippen molar-refractivity contribution in [1.82, 2.24) is 5.32 Å². The number of amides is 1. The molecular weight excluding hydrogens is 230 g/mol. The molecule has 0 bridgehead atoms. The predicted octanol–water partition coefficient (Wildman–Crippen LogP) is 2.23. The average Bonchev–Trinajstić information content (AvgIpc) is 2.36. The van der Waals surface area contributed by atoms with Gasteiger partial charge in [-0.05, 0) is 32.4 Å². The first-order valence-corrected chi connectivity index (χ1v) is 5.97. The summed E-state index contributed by atoms with van der Waals surface area (Å²) in [5, 5.41) is 11.8. The van der Waals surface area contributed by atoms with E-state index in [4.69, 9.17) is 5.11 Å². The highest BCUT2D eigenvalue weighted by Crippen LogP contribution is 2.20. The van der Waals surface area contributed by atoms with Crippen LogP contribution in [0.1, 0.15) is 36.2 Å². The van der Waals surface area contributed by atoms with Gasteiger partial charge < -0.3 is 10.4 Å². The third kappa shape index (κ3) is 3.32. The fourth-order valence-electron chi connectivity index (χ4n) is 1.43. The van der Waals surface area contributed by atoms with E-state index < -0.39 is 11.4 Å². The van der Waals surface area contributed by atoms with Gasteiger partial charge in [0.2, 0.25) is 0 Å². The van der Waals surface area contributed by atoms with Crippen molar-refractivity contribution in [3.05, 3.63) is 35.4 Å². The van der Waals surface area contributed by atoms with Crippen molar-refractivity contribution < 1.29 is 14.7 Å². The van der Waals surface area contributed by atoms with Gasteiger partial charge >= 0.3 is 5.97 Å². The van der Waals surface area contributed by atoms with Crippen LogP contribution in [0, 0.1) is 12.3 Å². The fraction of sp³-hybridized carbons (Fsp3) is 0.429. The van der Waals surface area contributed by atoms with E-state index in [1.807, 2.05) is 19.1 Å². The smallest absolute Gasteiger partial charge is 0.311 e. The number of nitrogens with one attached hydrogen (secondary N) is 1. The Bertz CT molecular complexity index is 439. The van der Waals surface area contributed by atoms with Crippen LogP contribution in [0.4, 0.5) is 0 Å². The zero-order valence-corrected chi connectivity index (χ0v) is 11.0. The molecule has 0 spiro atoms. The minimum Gasteiger partial charge on any atom is -0.481 e. The van der Waals surface area contributed by atoms with E-state index >= 15 is 0 Å². The van der Waals surface area contributed by atoms with E-state index in [1.165, 1.54) is 0 Å². The summed E-state index contributed by atoms with van der Waals surface area (Å²) in [6.45, 7) is 5.50. The van der Waals surface area contributed by atoms with Crippen molar-refractivity contribution >= 4 is 11.9 Å². The van der Waals surface area contributed by atoms with Crippen molar-refractivity contribution in [3.8, 4) is 0 Å². The van der Waals surface area contributed by atoms with Gasteiger partial charge in [0, 0.05) is 12.1 Å². The first-order chi connectivity index (χ1) is 8.39. The summed E-state index contributed by atoms with van der Waals surface area (Å²) >= 11 is 0. The van der Waals surface area contributed by atoms with Gasteiger partial charge in [0.25, 0.3) is 5.91 Å². The zero-order chi connectivity index (χ0) is 13.8. The molecule has 0 aliphatic rings. The number of carbonyl (C=O) groups is 2. The van der Waals surface area contributed by atoms with E-state index in [0.29, 0.717) is 12.0 Å². The predicted molar refractivity (Wildman–Crippen MR) is 69.5 cm³/mol. The van der Waals surface area contributed by atoms with Crippen molar-refractivity contribution in [2.24, 2.45) is 5.41 Å². The second-order valence-corrected chi connectivity index (χ2v) is 4.77. The molecule has 2 N–H and O–H groups in total. The summed E-state index contributed by atoms with van der Waals surface area (Å²) in [5.74, 6) is -1.13. The summed E-state index contributed by atoms with van der Waals surface area (Å²) in [7, 11) is 0. The molecule has 0 heterocycles. The largest absolute Gasteiger partial charge is 0.481 e. The Morgan fingerprint density at radius 3 is 2.28 bits per heavy atom. The number of hydrogen-bond donors (Lipinski definition) is 2. The molecule has 1 unspecified atom stereocenters. The molecule has 1 aromatic carbocycles. The Morgan fingerprint density at radius 2 is 1.83 bits per heavy atom. The average molecular weight is 249 g/mol. The van der Waals surface area contributed by atoms with E-state index in [1.54, 1.807) is 26.0 Å². The number of carbonyl (C=O) groups excluding carboxylic acids is 1. The SMILES string of the molecule is CCC(C)(CNC(=O)c1ccc(C)cc1)C(=O)O. The van der Waals surface area contributed by atoms with Crippen LogP contribution < -0.4 is 5.32 Å². The molecule has 4 heteroatoms. The van der Waals surface area contributed by atoms with Crippen LogP contribution in [0.15, 0.2) is 24.3 Å². The minimum absolute atomic E-state index is 0.130. The Hall–Kier alpha value is -1.84. The molecule has 1 rings (SSSR count). The van der Waals surface area contributed by atoms with Gasteiger partial charge in [-0.25, -0.2) is 0 Å². The number of benzene rings is 1. The molecule has 98 valence electrons. The van der Waals surface area contributed by atoms with Crippen molar-refractivity contribution in [2.75, 3.05) is 6.54 Å². The summed E-state index contributed by atoms with van der Waals surface area (Å²) in [4.78, 5) is 22.9. The van der Waals surface area contributed by atoms with E-state index in [-0.39, 0.29) is 12.5 Å². The van der Waals surface area contributed by atoms with E-state index in [9.17, 15) is 9.59 Å². The third-order valence-corrected chi connectivity index (χ3v) is 3.25. The fourth-order valence-corrected chi connectivity index (χ4v) is 1.43. The van der Waals surface area contributed by atoms with Crippen LogP contribution in [-0.2, 0) is 4.79 Å². The van der Waals surface area contributed by atoms with Gasteiger partial charge in [0.05, 0.1) is 5.41 Å². The highest BCUT2D eigenvalue weighted by Gasteiger charge is 2.31. The van der Waals surface area contributed by atoms with Gasteiger partial charge in [-0.2, -0.15) is 0 Å². The Kier molecular flexibility index (Phi) is 4.48. The summed E-state index contributed by atoms with van der Waals surface area (Å²) in [5.41, 5.74) is 0.709. The third-order valence-electron chi connectivity index (χ3n) is 3.25. The molecule has 0 saturated carbocycles. The molecule has 0 aromatic heterocycles.